The number of rotatable bonds is 5. The van der Waals surface area contributed by atoms with E-state index in [-0.39, 0.29) is 28.2 Å². The normalized spacial score (nSPS) is 11.2. The number of halogens is 3. The summed E-state index contributed by atoms with van der Waals surface area (Å²) in [5.41, 5.74) is 0.219. The molecule has 0 unspecified atom stereocenters. The van der Waals surface area contributed by atoms with Gasteiger partial charge in [-0.15, -0.1) is 0 Å². The van der Waals surface area contributed by atoms with E-state index in [2.05, 4.69) is 35.9 Å². The second-order valence-electron chi connectivity index (χ2n) is 4.37. The van der Waals surface area contributed by atoms with Crippen LogP contribution in [0.1, 0.15) is 0 Å². The van der Waals surface area contributed by atoms with Crippen LogP contribution in [0.3, 0.4) is 0 Å². The Hall–Kier alpha value is -1.65. The molecule has 23 heavy (non-hydrogen) atoms. The molecule has 0 bridgehead atoms. The molecule has 2 aromatic rings. The maximum absolute atomic E-state index is 13.9. The average Bonchev–Trinajstić information content (AvgIpc) is 2.44. The van der Waals surface area contributed by atoms with Gasteiger partial charge in [-0.05, 0) is 27.5 Å². The van der Waals surface area contributed by atoms with Crippen molar-refractivity contribution in [1.29, 1.82) is 0 Å². The van der Waals surface area contributed by atoms with E-state index in [1.165, 1.54) is 19.4 Å². The SMILES string of the molecule is COc1cc(NS(C)(=O)=O)c(Nc2nc(Cl)ncc2Br)cc1F. The van der Waals surface area contributed by atoms with Crippen molar-refractivity contribution < 1.29 is 17.5 Å². The van der Waals surface area contributed by atoms with Crippen molar-refractivity contribution in [3.63, 3.8) is 0 Å². The lowest BCUT2D eigenvalue weighted by Gasteiger charge is -2.15. The van der Waals surface area contributed by atoms with Gasteiger partial charge in [0, 0.05) is 18.3 Å². The molecule has 0 amide bonds. The van der Waals surface area contributed by atoms with Crippen LogP contribution in [0.4, 0.5) is 21.6 Å². The van der Waals surface area contributed by atoms with Crippen molar-refractivity contribution in [2.45, 2.75) is 0 Å². The maximum atomic E-state index is 13.9. The summed E-state index contributed by atoms with van der Waals surface area (Å²) < 4.78 is 44.5. The summed E-state index contributed by atoms with van der Waals surface area (Å²) >= 11 is 8.94. The molecule has 2 rings (SSSR count). The fraction of sp³-hybridized carbons (Fsp3) is 0.167. The molecule has 2 N–H and O–H groups in total. The number of aromatic nitrogens is 2. The van der Waals surface area contributed by atoms with Crippen molar-refractivity contribution in [3.05, 3.63) is 33.9 Å². The Balaban J connectivity index is 2.51. The van der Waals surface area contributed by atoms with Gasteiger partial charge in [0.25, 0.3) is 0 Å². The third-order valence-corrected chi connectivity index (χ3v) is 3.91. The Morgan fingerprint density at radius 3 is 2.65 bits per heavy atom. The number of hydrogen-bond donors (Lipinski definition) is 2. The number of benzene rings is 1. The number of ether oxygens (including phenoxy) is 1. The molecule has 0 aliphatic heterocycles. The fourth-order valence-electron chi connectivity index (χ4n) is 1.66. The number of methoxy groups -OCH3 is 1. The van der Waals surface area contributed by atoms with Crippen LogP contribution in [0, 0.1) is 5.82 Å². The van der Waals surface area contributed by atoms with E-state index in [1.807, 2.05) is 0 Å². The fourth-order valence-corrected chi connectivity index (χ4v) is 2.65. The molecule has 1 aromatic carbocycles. The van der Waals surface area contributed by atoms with E-state index in [9.17, 15) is 12.8 Å². The Morgan fingerprint density at radius 1 is 1.35 bits per heavy atom. The van der Waals surface area contributed by atoms with Crippen LogP contribution in [0.15, 0.2) is 22.8 Å². The van der Waals surface area contributed by atoms with Crippen molar-refractivity contribution >= 4 is 54.7 Å². The quantitative estimate of drug-likeness (QED) is 0.715. The minimum absolute atomic E-state index is 0.0256. The highest BCUT2D eigenvalue weighted by Crippen LogP contribution is 2.34. The van der Waals surface area contributed by atoms with Gasteiger partial charge >= 0.3 is 0 Å². The molecule has 7 nitrogen and oxygen atoms in total. The number of sulfonamides is 1. The third-order valence-electron chi connectivity index (χ3n) is 2.56. The molecule has 0 saturated carbocycles. The minimum atomic E-state index is -3.59. The van der Waals surface area contributed by atoms with Gasteiger partial charge in [0.05, 0.1) is 29.2 Å². The number of anilines is 3. The lowest BCUT2D eigenvalue weighted by atomic mass is 10.2. The number of hydrogen-bond acceptors (Lipinski definition) is 6. The average molecular weight is 426 g/mol. The molecular weight excluding hydrogens is 415 g/mol. The van der Waals surface area contributed by atoms with Crippen molar-refractivity contribution in [2.75, 3.05) is 23.4 Å². The first-order valence-corrected chi connectivity index (χ1v) is 9.06. The predicted octanol–water partition coefficient (Wildman–Crippen LogP) is 3.16. The first-order valence-electron chi connectivity index (χ1n) is 6.00. The van der Waals surface area contributed by atoms with E-state index < -0.39 is 15.8 Å². The van der Waals surface area contributed by atoms with Gasteiger partial charge in [-0.3, -0.25) is 4.72 Å². The molecule has 0 radical (unpaired) electrons. The molecule has 1 heterocycles. The van der Waals surface area contributed by atoms with Crippen molar-refractivity contribution in [2.24, 2.45) is 0 Å². The van der Waals surface area contributed by atoms with Gasteiger partial charge in [-0.1, -0.05) is 0 Å². The van der Waals surface area contributed by atoms with E-state index in [0.29, 0.717) is 4.47 Å². The highest BCUT2D eigenvalue weighted by Gasteiger charge is 2.15. The van der Waals surface area contributed by atoms with Crippen LogP contribution in [0.5, 0.6) is 5.75 Å². The standard InChI is InChI=1S/C12H11BrClFN4O3S/c1-22-10-4-9(19-23(2,20)21)8(3-7(10)15)17-11-6(13)5-16-12(14)18-11/h3-5,19H,1-2H3,(H,16,17,18). The zero-order valence-electron chi connectivity index (χ0n) is 11.9. The van der Waals surface area contributed by atoms with Gasteiger partial charge in [0.2, 0.25) is 15.3 Å². The topological polar surface area (TPSA) is 93.2 Å². The van der Waals surface area contributed by atoms with Crippen molar-refractivity contribution in [3.8, 4) is 5.75 Å². The van der Waals surface area contributed by atoms with Gasteiger partial charge in [0.1, 0.15) is 5.82 Å². The largest absolute Gasteiger partial charge is 0.494 e. The summed E-state index contributed by atoms with van der Waals surface area (Å²) in [6.45, 7) is 0. The summed E-state index contributed by atoms with van der Waals surface area (Å²) in [4.78, 5) is 7.71. The Morgan fingerprint density at radius 2 is 2.04 bits per heavy atom. The number of nitrogens with zero attached hydrogens (tertiary/aromatic N) is 2. The first-order chi connectivity index (χ1) is 10.7. The van der Waals surface area contributed by atoms with Crippen LogP contribution >= 0.6 is 27.5 Å². The van der Waals surface area contributed by atoms with Crippen molar-refractivity contribution in [1.82, 2.24) is 9.97 Å². The lowest BCUT2D eigenvalue weighted by molar-refractivity contribution is 0.387. The molecule has 0 saturated heterocycles. The Kier molecular flexibility index (Phi) is 5.27. The zero-order valence-corrected chi connectivity index (χ0v) is 15.1. The third kappa shape index (κ3) is 4.66. The molecular formula is C12H11BrClFN4O3S. The minimum Gasteiger partial charge on any atom is -0.494 e. The molecule has 0 atom stereocenters. The van der Waals surface area contributed by atoms with Gasteiger partial charge in [-0.2, -0.15) is 4.98 Å². The predicted molar refractivity (Wildman–Crippen MR) is 89.4 cm³/mol. The van der Waals surface area contributed by atoms with E-state index in [0.717, 1.165) is 12.3 Å². The van der Waals surface area contributed by atoms with Gasteiger partial charge < -0.3 is 10.1 Å². The number of nitrogens with one attached hydrogen (secondary N) is 2. The van der Waals surface area contributed by atoms with Gasteiger partial charge in [-0.25, -0.2) is 17.8 Å². The summed E-state index contributed by atoms with van der Waals surface area (Å²) in [5.74, 6) is -0.544. The lowest BCUT2D eigenvalue weighted by Crippen LogP contribution is -2.12. The zero-order chi connectivity index (χ0) is 17.2. The van der Waals surface area contributed by atoms with Crippen LogP contribution in [0.2, 0.25) is 5.28 Å². The molecule has 0 aliphatic rings. The molecule has 0 fully saturated rings. The monoisotopic (exact) mass is 424 g/mol. The van der Waals surface area contributed by atoms with E-state index in [1.54, 1.807) is 0 Å². The summed E-state index contributed by atoms with van der Waals surface area (Å²) in [6.07, 6.45) is 2.38. The van der Waals surface area contributed by atoms with Crippen LogP contribution < -0.4 is 14.8 Å². The van der Waals surface area contributed by atoms with Crippen LogP contribution in [-0.4, -0.2) is 31.8 Å². The molecule has 11 heteroatoms. The Labute approximate surface area is 145 Å². The summed E-state index contributed by atoms with van der Waals surface area (Å²) in [5, 5.41) is 2.77. The molecule has 124 valence electrons. The summed E-state index contributed by atoms with van der Waals surface area (Å²) in [7, 11) is -2.31. The second-order valence-corrected chi connectivity index (χ2v) is 7.31. The highest BCUT2D eigenvalue weighted by molar-refractivity contribution is 9.10. The first kappa shape index (κ1) is 17.7. The van der Waals surface area contributed by atoms with Gasteiger partial charge in [0.15, 0.2) is 11.6 Å². The molecule has 0 aliphatic carbocycles. The highest BCUT2D eigenvalue weighted by atomic mass is 79.9. The van der Waals surface area contributed by atoms with E-state index >= 15 is 0 Å². The smallest absolute Gasteiger partial charge is 0.229 e. The maximum Gasteiger partial charge on any atom is 0.229 e. The van der Waals surface area contributed by atoms with E-state index in [4.69, 9.17) is 16.3 Å². The molecule has 0 spiro atoms. The summed E-state index contributed by atoms with van der Waals surface area (Å²) in [6, 6.07) is 2.30. The second kappa shape index (κ2) is 6.85. The Bertz CT molecular complexity index is 850. The van der Waals surface area contributed by atoms with Crippen LogP contribution in [0.25, 0.3) is 0 Å². The van der Waals surface area contributed by atoms with Crippen LogP contribution in [-0.2, 0) is 10.0 Å². The molecule has 1 aromatic heterocycles.